The maximum absolute atomic E-state index is 14.4. The van der Waals surface area contributed by atoms with Gasteiger partial charge in [0.1, 0.15) is 11.9 Å². The van der Waals surface area contributed by atoms with Gasteiger partial charge >= 0.3 is 0 Å². The van der Waals surface area contributed by atoms with Crippen LogP contribution in [0.4, 0.5) is 8.78 Å². The third kappa shape index (κ3) is 4.47. The van der Waals surface area contributed by atoms with Crippen LogP contribution in [0.2, 0.25) is 0 Å². The van der Waals surface area contributed by atoms with Crippen LogP contribution in [0, 0.1) is 5.82 Å². The molecule has 0 radical (unpaired) electrons. The van der Waals surface area contributed by atoms with E-state index in [1.807, 2.05) is 24.3 Å². The molecule has 4 rings (SSSR count). The normalized spacial score (nSPS) is 19.4. The summed E-state index contributed by atoms with van der Waals surface area (Å²) in [7, 11) is 0. The third-order valence-electron chi connectivity index (χ3n) is 5.47. The lowest BCUT2D eigenvalue weighted by Crippen LogP contribution is -2.26. The highest BCUT2D eigenvalue weighted by Gasteiger charge is 2.25. The minimum Gasteiger partial charge on any atom is -0.505 e. The van der Waals surface area contributed by atoms with E-state index in [4.69, 9.17) is 9.47 Å². The van der Waals surface area contributed by atoms with Crippen molar-refractivity contribution in [1.82, 2.24) is 4.90 Å². The minimum absolute atomic E-state index is 0.0686. The molecule has 1 saturated heterocycles. The van der Waals surface area contributed by atoms with E-state index in [0.717, 1.165) is 47.4 Å². The number of likely N-dealkylation sites (tertiary alicyclic amines) is 1. The molecule has 7 heteroatoms. The van der Waals surface area contributed by atoms with E-state index in [1.54, 1.807) is 6.07 Å². The zero-order valence-corrected chi connectivity index (χ0v) is 18.1. The molecule has 0 aromatic heterocycles. The summed E-state index contributed by atoms with van der Waals surface area (Å²) in [5.74, 6) is -0.327. The van der Waals surface area contributed by atoms with Gasteiger partial charge in [-0.15, -0.1) is 0 Å². The number of halogens is 3. The Labute approximate surface area is 183 Å². The summed E-state index contributed by atoms with van der Waals surface area (Å²) in [4.78, 5) is 2.23. The average molecular weight is 480 g/mol. The lowest BCUT2D eigenvalue weighted by Gasteiger charge is -2.17. The summed E-state index contributed by atoms with van der Waals surface area (Å²) in [6, 6.07) is 10.7. The van der Waals surface area contributed by atoms with Crippen molar-refractivity contribution in [2.24, 2.45) is 0 Å². The molecule has 2 aliphatic heterocycles. The van der Waals surface area contributed by atoms with E-state index in [-0.39, 0.29) is 18.5 Å². The standard InChI is InChI=1S/C23H24BrF2NO3/c24-19-9-13-29-23-18(6-7-20(28)22(23)26)21(19)15-2-4-16(5-3-15)30-17-8-12-27(14-17)11-1-10-25/h2-7,17,28H,1,8-14H2/t17-/m0/s1. The van der Waals surface area contributed by atoms with Crippen LogP contribution in [0.3, 0.4) is 0 Å². The van der Waals surface area contributed by atoms with Crippen molar-refractivity contribution in [2.45, 2.75) is 25.4 Å². The van der Waals surface area contributed by atoms with E-state index in [0.29, 0.717) is 25.0 Å². The van der Waals surface area contributed by atoms with Crippen molar-refractivity contribution in [3.8, 4) is 17.2 Å². The Morgan fingerprint density at radius 2 is 2.00 bits per heavy atom. The molecule has 160 valence electrons. The van der Waals surface area contributed by atoms with Crippen LogP contribution in [-0.4, -0.2) is 49.0 Å². The smallest absolute Gasteiger partial charge is 0.207 e. The van der Waals surface area contributed by atoms with Crippen molar-refractivity contribution in [1.29, 1.82) is 0 Å². The first-order chi connectivity index (χ1) is 14.6. The lowest BCUT2D eigenvalue weighted by molar-refractivity contribution is 0.198. The first-order valence-electron chi connectivity index (χ1n) is 10.2. The fraction of sp³-hybridized carbons (Fsp3) is 0.391. The number of phenolic OH excluding ortho intramolecular Hbond substituents is 1. The van der Waals surface area contributed by atoms with E-state index >= 15 is 0 Å². The highest BCUT2D eigenvalue weighted by atomic mass is 79.9. The molecule has 1 fully saturated rings. The Kier molecular flexibility index (Phi) is 6.58. The maximum atomic E-state index is 14.4. The van der Waals surface area contributed by atoms with Gasteiger partial charge in [0.2, 0.25) is 5.82 Å². The quantitative estimate of drug-likeness (QED) is 0.611. The summed E-state index contributed by atoms with van der Waals surface area (Å²) in [6.45, 7) is 2.54. The van der Waals surface area contributed by atoms with Crippen molar-refractivity contribution in [3.05, 3.63) is 57.8 Å². The van der Waals surface area contributed by atoms with Crippen LogP contribution in [0.25, 0.3) is 5.57 Å². The molecule has 2 aromatic carbocycles. The molecule has 1 atom stereocenters. The first-order valence-corrected chi connectivity index (χ1v) is 10.9. The van der Waals surface area contributed by atoms with Crippen LogP contribution in [-0.2, 0) is 0 Å². The second-order valence-electron chi connectivity index (χ2n) is 7.55. The fourth-order valence-corrected chi connectivity index (χ4v) is 4.59. The van der Waals surface area contributed by atoms with Gasteiger partial charge in [-0.2, -0.15) is 4.39 Å². The molecule has 0 aliphatic carbocycles. The largest absolute Gasteiger partial charge is 0.505 e. The number of ether oxygens (including phenoxy) is 2. The SMILES string of the molecule is Oc1ccc2c(c1F)OCCC(Br)=C2c1ccc(O[C@H]2CCN(CCCF)C2)cc1. The molecule has 0 bridgehead atoms. The van der Waals surface area contributed by atoms with Gasteiger partial charge in [0, 0.05) is 41.7 Å². The molecule has 2 aliphatic rings. The third-order valence-corrected chi connectivity index (χ3v) is 6.26. The number of fused-ring (bicyclic) bond motifs is 1. The molecule has 0 saturated carbocycles. The Morgan fingerprint density at radius 1 is 1.20 bits per heavy atom. The van der Waals surface area contributed by atoms with Gasteiger partial charge in [-0.25, -0.2) is 0 Å². The number of benzene rings is 2. The first kappa shape index (κ1) is 21.1. The highest BCUT2D eigenvalue weighted by molar-refractivity contribution is 9.11. The zero-order chi connectivity index (χ0) is 21.1. The number of rotatable bonds is 6. The van der Waals surface area contributed by atoms with Gasteiger partial charge in [0.25, 0.3) is 0 Å². The fourth-order valence-electron chi connectivity index (χ4n) is 3.98. The number of nitrogens with zero attached hydrogens (tertiary/aromatic N) is 1. The van der Waals surface area contributed by atoms with E-state index in [9.17, 15) is 13.9 Å². The summed E-state index contributed by atoms with van der Waals surface area (Å²) in [5, 5.41) is 9.71. The molecule has 30 heavy (non-hydrogen) atoms. The molecule has 2 aromatic rings. The van der Waals surface area contributed by atoms with Crippen LogP contribution < -0.4 is 9.47 Å². The number of aromatic hydroxyl groups is 1. The number of hydrogen-bond acceptors (Lipinski definition) is 4. The van der Waals surface area contributed by atoms with Gasteiger partial charge in [-0.05, 0) is 42.7 Å². The highest BCUT2D eigenvalue weighted by Crippen LogP contribution is 2.42. The van der Waals surface area contributed by atoms with Crippen molar-refractivity contribution >= 4 is 21.5 Å². The second-order valence-corrected chi connectivity index (χ2v) is 8.51. The molecule has 4 nitrogen and oxygen atoms in total. The summed E-state index contributed by atoms with van der Waals surface area (Å²) in [5.41, 5.74) is 2.34. The van der Waals surface area contributed by atoms with Gasteiger partial charge in [0.15, 0.2) is 11.5 Å². The van der Waals surface area contributed by atoms with E-state index in [2.05, 4.69) is 20.8 Å². The number of alkyl halides is 1. The Morgan fingerprint density at radius 3 is 2.77 bits per heavy atom. The van der Waals surface area contributed by atoms with E-state index < -0.39 is 11.6 Å². The molecule has 0 amide bonds. The molecule has 0 spiro atoms. The van der Waals surface area contributed by atoms with Crippen LogP contribution in [0.1, 0.15) is 30.4 Å². The van der Waals surface area contributed by atoms with Gasteiger partial charge in [-0.1, -0.05) is 28.1 Å². The predicted molar refractivity (Wildman–Crippen MR) is 116 cm³/mol. The monoisotopic (exact) mass is 479 g/mol. The van der Waals surface area contributed by atoms with Crippen molar-refractivity contribution in [2.75, 3.05) is 32.9 Å². The van der Waals surface area contributed by atoms with Gasteiger partial charge < -0.3 is 14.6 Å². The molecule has 1 N–H and O–H groups in total. The number of phenols is 1. The van der Waals surface area contributed by atoms with Gasteiger partial charge in [0.05, 0.1) is 13.3 Å². The topological polar surface area (TPSA) is 41.9 Å². The van der Waals surface area contributed by atoms with Crippen LogP contribution in [0.15, 0.2) is 40.9 Å². The maximum Gasteiger partial charge on any atom is 0.207 e. The summed E-state index contributed by atoms with van der Waals surface area (Å²) < 4.78 is 39.4. The molecule has 2 heterocycles. The Bertz CT molecular complexity index is 933. The second kappa shape index (κ2) is 9.35. The predicted octanol–water partition coefficient (Wildman–Crippen LogP) is 5.28. The van der Waals surface area contributed by atoms with Gasteiger partial charge in [-0.3, -0.25) is 9.29 Å². The van der Waals surface area contributed by atoms with Crippen LogP contribution in [0.5, 0.6) is 17.2 Å². The van der Waals surface area contributed by atoms with Crippen molar-refractivity contribution in [3.63, 3.8) is 0 Å². The minimum atomic E-state index is -0.745. The molecule has 0 unspecified atom stereocenters. The van der Waals surface area contributed by atoms with E-state index in [1.165, 1.54) is 6.07 Å². The average Bonchev–Trinajstić information content (AvgIpc) is 3.12. The zero-order valence-electron chi connectivity index (χ0n) is 16.5. The number of hydrogen-bond donors (Lipinski definition) is 1. The lowest BCUT2D eigenvalue weighted by atomic mass is 9.96. The molecular weight excluding hydrogens is 456 g/mol. The Balaban J connectivity index is 1.52. The van der Waals surface area contributed by atoms with Crippen molar-refractivity contribution < 1.29 is 23.4 Å². The van der Waals surface area contributed by atoms with Crippen LogP contribution >= 0.6 is 15.9 Å². The summed E-state index contributed by atoms with van der Waals surface area (Å²) in [6.07, 6.45) is 2.19. The molecular formula is C23H24BrF2NO3. The summed E-state index contributed by atoms with van der Waals surface area (Å²) >= 11 is 3.62. The Hall–Kier alpha value is -2.12.